The summed E-state index contributed by atoms with van der Waals surface area (Å²) in [6, 6.07) is 5.53. The molecule has 1 saturated heterocycles. The maximum Gasteiger partial charge on any atom is 0.253 e. The lowest BCUT2D eigenvalue weighted by molar-refractivity contribution is 0.0709. The van der Waals surface area contributed by atoms with Gasteiger partial charge in [-0.05, 0) is 31.0 Å². The Kier molecular flexibility index (Phi) is 3.13. The van der Waals surface area contributed by atoms with E-state index < -0.39 is 0 Å². The number of carbonyl (C=O) groups is 1. The second kappa shape index (κ2) is 4.93. The van der Waals surface area contributed by atoms with Crippen molar-refractivity contribution in [1.82, 2.24) is 14.9 Å². The number of rotatable bonds is 1. The number of aromatic nitrogens is 2. The van der Waals surface area contributed by atoms with Crippen molar-refractivity contribution in [2.75, 3.05) is 13.1 Å². The summed E-state index contributed by atoms with van der Waals surface area (Å²) in [5.41, 5.74) is 8.12. The Morgan fingerprint density at radius 1 is 1.26 bits per heavy atom. The summed E-state index contributed by atoms with van der Waals surface area (Å²) in [5.74, 6) is 0.0303. The molecule has 0 spiro atoms. The van der Waals surface area contributed by atoms with Crippen LogP contribution in [-0.2, 0) is 0 Å². The van der Waals surface area contributed by atoms with Gasteiger partial charge in [0.05, 0.1) is 11.0 Å². The number of amides is 1. The molecule has 19 heavy (non-hydrogen) atoms. The predicted molar refractivity (Wildman–Crippen MR) is 72.7 cm³/mol. The normalized spacial score (nSPS) is 19.6. The van der Waals surface area contributed by atoms with E-state index in [-0.39, 0.29) is 11.9 Å². The molecular weight excluding hydrogens is 240 g/mol. The molecule has 0 unspecified atom stereocenters. The number of hydrogen-bond acceptors (Lipinski definition) is 4. The van der Waals surface area contributed by atoms with E-state index in [0.29, 0.717) is 12.1 Å². The summed E-state index contributed by atoms with van der Waals surface area (Å²) >= 11 is 0. The van der Waals surface area contributed by atoms with E-state index >= 15 is 0 Å². The highest BCUT2D eigenvalue weighted by Crippen LogP contribution is 2.16. The Morgan fingerprint density at radius 3 is 2.84 bits per heavy atom. The first kappa shape index (κ1) is 12.0. The fourth-order valence-electron chi connectivity index (χ4n) is 2.47. The molecule has 0 saturated carbocycles. The Bertz CT molecular complexity index is 613. The van der Waals surface area contributed by atoms with Crippen molar-refractivity contribution in [3.05, 3.63) is 36.2 Å². The quantitative estimate of drug-likeness (QED) is 0.832. The summed E-state index contributed by atoms with van der Waals surface area (Å²) in [4.78, 5) is 22.7. The van der Waals surface area contributed by atoms with Gasteiger partial charge < -0.3 is 10.6 Å². The Balaban J connectivity index is 1.88. The average Bonchev–Trinajstić information content (AvgIpc) is 2.46. The largest absolute Gasteiger partial charge is 0.337 e. The molecule has 0 radical (unpaired) electrons. The van der Waals surface area contributed by atoms with Crippen molar-refractivity contribution in [2.45, 2.75) is 18.9 Å². The minimum atomic E-state index is 0.0303. The van der Waals surface area contributed by atoms with Gasteiger partial charge in [-0.15, -0.1) is 0 Å². The van der Waals surface area contributed by atoms with Crippen LogP contribution in [0.5, 0.6) is 0 Å². The molecule has 3 rings (SSSR count). The molecule has 1 aliphatic rings. The van der Waals surface area contributed by atoms with Gasteiger partial charge in [0.1, 0.15) is 0 Å². The fourth-order valence-corrected chi connectivity index (χ4v) is 2.47. The minimum Gasteiger partial charge on any atom is -0.337 e. The molecule has 2 N–H and O–H groups in total. The van der Waals surface area contributed by atoms with Crippen LogP contribution in [0.4, 0.5) is 0 Å². The van der Waals surface area contributed by atoms with Gasteiger partial charge in [-0.1, -0.05) is 0 Å². The van der Waals surface area contributed by atoms with E-state index in [9.17, 15) is 4.79 Å². The number of likely N-dealkylation sites (tertiary alicyclic amines) is 1. The fraction of sp³-hybridized carbons (Fsp3) is 0.357. The van der Waals surface area contributed by atoms with Gasteiger partial charge in [0.15, 0.2) is 0 Å². The van der Waals surface area contributed by atoms with Gasteiger partial charge in [0, 0.05) is 37.1 Å². The predicted octanol–water partition coefficient (Wildman–Crippen LogP) is 1.19. The SMILES string of the molecule is N[C@@H]1CCCN(C(=O)c2ccc3nccnc3c2)C1. The van der Waals surface area contributed by atoms with E-state index in [1.54, 1.807) is 24.5 Å². The van der Waals surface area contributed by atoms with Crippen molar-refractivity contribution < 1.29 is 4.79 Å². The van der Waals surface area contributed by atoms with Gasteiger partial charge in [-0.25, -0.2) is 0 Å². The summed E-state index contributed by atoms with van der Waals surface area (Å²) in [7, 11) is 0. The number of hydrogen-bond donors (Lipinski definition) is 1. The van der Waals surface area contributed by atoms with Crippen molar-refractivity contribution in [3.8, 4) is 0 Å². The molecular formula is C14H16N4O. The molecule has 5 heteroatoms. The van der Waals surface area contributed by atoms with Gasteiger partial charge >= 0.3 is 0 Å². The number of nitrogens with zero attached hydrogens (tertiary/aromatic N) is 3. The number of piperidine rings is 1. The van der Waals surface area contributed by atoms with E-state index in [1.807, 2.05) is 11.0 Å². The van der Waals surface area contributed by atoms with Crippen LogP contribution in [0.2, 0.25) is 0 Å². The summed E-state index contributed by atoms with van der Waals surface area (Å²) < 4.78 is 0. The van der Waals surface area contributed by atoms with Gasteiger partial charge in [-0.3, -0.25) is 14.8 Å². The molecule has 0 aliphatic carbocycles. The van der Waals surface area contributed by atoms with Crippen LogP contribution in [0.1, 0.15) is 23.2 Å². The summed E-state index contributed by atoms with van der Waals surface area (Å²) in [6.45, 7) is 1.42. The van der Waals surface area contributed by atoms with Gasteiger partial charge in [-0.2, -0.15) is 0 Å². The Morgan fingerprint density at radius 2 is 2.05 bits per heavy atom. The lowest BCUT2D eigenvalue weighted by Crippen LogP contribution is -2.45. The minimum absolute atomic E-state index is 0.0303. The molecule has 1 aromatic carbocycles. The monoisotopic (exact) mass is 256 g/mol. The zero-order valence-electron chi connectivity index (χ0n) is 10.6. The van der Waals surface area contributed by atoms with E-state index in [2.05, 4.69) is 9.97 Å². The third-order valence-corrected chi connectivity index (χ3v) is 3.46. The van der Waals surface area contributed by atoms with Gasteiger partial charge in [0.2, 0.25) is 0 Å². The van der Waals surface area contributed by atoms with Crippen LogP contribution >= 0.6 is 0 Å². The molecule has 2 aromatic rings. The van der Waals surface area contributed by atoms with E-state index in [4.69, 9.17) is 5.73 Å². The van der Waals surface area contributed by atoms with Crippen LogP contribution in [0.25, 0.3) is 11.0 Å². The molecule has 0 bridgehead atoms. The first-order valence-corrected chi connectivity index (χ1v) is 6.49. The summed E-state index contributed by atoms with van der Waals surface area (Å²) in [6.07, 6.45) is 5.24. The van der Waals surface area contributed by atoms with Crippen LogP contribution in [0.15, 0.2) is 30.6 Å². The number of carbonyl (C=O) groups excluding carboxylic acids is 1. The third-order valence-electron chi connectivity index (χ3n) is 3.46. The van der Waals surface area contributed by atoms with E-state index in [1.165, 1.54) is 0 Å². The highest BCUT2D eigenvalue weighted by atomic mass is 16.2. The molecule has 5 nitrogen and oxygen atoms in total. The smallest absolute Gasteiger partial charge is 0.253 e. The average molecular weight is 256 g/mol. The van der Waals surface area contributed by atoms with Gasteiger partial charge in [0.25, 0.3) is 5.91 Å². The van der Waals surface area contributed by atoms with Crippen molar-refractivity contribution in [3.63, 3.8) is 0 Å². The second-order valence-corrected chi connectivity index (χ2v) is 4.91. The zero-order valence-corrected chi connectivity index (χ0v) is 10.6. The van der Waals surface area contributed by atoms with Crippen molar-refractivity contribution >= 4 is 16.9 Å². The highest BCUT2D eigenvalue weighted by Gasteiger charge is 2.22. The number of fused-ring (bicyclic) bond motifs is 1. The second-order valence-electron chi connectivity index (χ2n) is 4.91. The van der Waals surface area contributed by atoms with Crippen LogP contribution in [0.3, 0.4) is 0 Å². The number of benzene rings is 1. The first-order chi connectivity index (χ1) is 9.24. The van der Waals surface area contributed by atoms with E-state index in [0.717, 1.165) is 30.4 Å². The summed E-state index contributed by atoms with van der Waals surface area (Å²) in [5, 5.41) is 0. The highest BCUT2D eigenvalue weighted by molar-refractivity contribution is 5.97. The standard InChI is InChI=1S/C14H16N4O/c15-11-2-1-7-18(9-11)14(19)10-3-4-12-13(8-10)17-6-5-16-12/h3-6,8,11H,1-2,7,9,15H2/t11-/m1/s1. The lowest BCUT2D eigenvalue weighted by atomic mass is 10.1. The topological polar surface area (TPSA) is 72.1 Å². The maximum absolute atomic E-state index is 12.4. The van der Waals surface area contributed by atoms with Crippen LogP contribution < -0.4 is 5.73 Å². The molecule has 1 fully saturated rings. The zero-order chi connectivity index (χ0) is 13.2. The molecule has 1 atom stereocenters. The third kappa shape index (κ3) is 2.42. The van der Waals surface area contributed by atoms with Crippen LogP contribution in [0, 0.1) is 0 Å². The molecule has 1 aliphatic heterocycles. The maximum atomic E-state index is 12.4. The lowest BCUT2D eigenvalue weighted by Gasteiger charge is -2.30. The van der Waals surface area contributed by atoms with Crippen molar-refractivity contribution in [1.29, 1.82) is 0 Å². The molecule has 1 amide bonds. The van der Waals surface area contributed by atoms with Crippen molar-refractivity contribution in [2.24, 2.45) is 5.73 Å². The Hall–Kier alpha value is -2.01. The molecule has 98 valence electrons. The number of nitrogens with two attached hydrogens (primary N) is 1. The molecule has 1 aromatic heterocycles. The van der Waals surface area contributed by atoms with Crippen LogP contribution in [-0.4, -0.2) is 39.9 Å². The Labute approximate surface area is 111 Å². The first-order valence-electron chi connectivity index (χ1n) is 6.49. The molecule has 2 heterocycles.